The Morgan fingerprint density at radius 3 is 2.32 bits per heavy atom. The van der Waals surface area contributed by atoms with E-state index in [1.54, 1.807) is 41.9 Å². The lowest BCUT2D eigenvalue weighted by molar-refractivity contribution is 0.0939. The zero-order valence-corrected chi connectivity index (χ0v) is 16.8. The van der Waals surface area contributed by atoms with Crippen LogP contribution >= 0.6 is 12.4 Å². The van der Waals surface area contributed by atoms with Gasteiger partial charge in [-0.1, -0.05) is 38.1 Å². The Labute approximate surface area is 169 Å². The van der Waals surface area contributed by atoms with Crippen LogP contribution in [0.2, 0.25) is 0 Å². The molecule has 0 unspecified atom stereocenters. The summed E-state index contributed by atoms with van der Waals surface area (Å²) in [4.78, 5) is 29.5. The number of nitrogens with two attached hydrogens (primary N) is 1. The Bertz CT molecular complexity index is 1100. The van der Waals surface area contributed by atoms with Gasteiger partial charge in [-0.15, -0.1) is 12.4 Å². The van der Waals surface area contributed by atoms with Crippen molar-refractivity contribution in [1.82, 2.24) is 9.55 Å². The number of aryl methyl sites for hydroxylation is 1. The second-order valence-electron chi connectivity index (χ2n) is 6.93. The lowest BCUT2D eigenvalue weighted by Gasteiger charge is -2.10. The van der Waals surface area contributed by atoms with E-state index in [9.17, 15) is 9.59 Å². The lowest BCUT2D eigenvalue weighted by atomic mass is 10.0. The van der Waals surface area contributed by atoms with Gasteiger partial charge in [-0.25, -0.2) is 4.98 Å². The maximum absolute atomic E-state index is 12.7. The molecule has 1 heterocycles. The fraction of sp³-hybridized carbons (Fsp3) is 0.238. The van der Waals surface area contributed by atoms with Gasteiger partial charge >= 0.3 is 0 Å². The number of rotatable bonds is 5. The smallest absolute Gasteiger partial charge is 0.272 e. The highest BCUT2D eigenvalue weighted by Crippen LogP contribution is 2.17. The topological polar surface area (TPSA) is 102 Å². The average Bonchev–Trinajstić information content (AvgIpc) is 2.65. The van der Waals surface area contributed by atoms with Gasteiger partial charge in [0, 0.05) is 30.5 Å². The van der Waals surface area contributed by atoms with Gasteiger partial charge in [0.15, 0.2) is 5.78 Å². The number of hydrogen-bond donors (Lipinski definition) is 2. The van der Waals surface area contributed by atoms with Gasteiger partial charge in [-0.2, -0.15) is 0 Å². The van der Waals surface area contributed by atoms with Crippen LogP contribution in [-0.2, 0) is 13.5 Å². The summed E-state index contributed by atoms with van der Waals surface area (Å²) in [7, 11) is 1.71. The zero-order valence-electron chi connectivity index (χ0n) is 16.0. The second-order valence-corrected chi connectivity index (χ2v) is 6.93. The zero-order chi connectivity index (χ0) is 19.7. The third kappa shape index (κ3) is 4.12. The molecule has 0 bridgehead atoms. The fourth-order valence-corrected chi connectivity index (χ4v) is 2.99. The predicted octanol–water partition coefficient (Wildman–Crippen LogP) is 3.07. The van der Waals surface area contributed by atoms with Gasteiger partial charge in [-0.05, 0) is 23.8 Å². The van der Waals surface area contributed by atoms with Crippen molar-refractivity contribution in [2.75, 3.05) is 0 Å². The number of aromatic nitrogens is 2. The van der Waals surface area contributed by atoms with Gasteiger partial charge in [0.1, 0.15) is 11.5 Å². The van der Waals surface area contributed by atoms with Crippen molar-refractivity contribution in [3.8, 4) is 0 Å². The number of hydrogen-bond acceptors (Lipinski definition) is 4. The number of nitrogens with one attached hydrogen (secondary N) is 1. The minimum absolute atomic E-state index is 0. The van der Waals surface area contributed by atoms with Crippen LogP contribution < -0.4 is 11.3 Å². The van der Waals surface area contributed by atoms with Crippen LogP contribution in [0.1, 0.15) is 41.0 Å². The van der Waals surface area contributed by atoms with E-state index in [0.717, 1.165) is 5.56 Å². The molecule has 0 saturated carbocycles. The summed E-state index contributed by atoms with van der Waals surface area (Å²) in [6, 6.07) is 12.4. The fourth-order valence-electron chi connectivity index (χ4n) is 2.99. The van der Waals surface area contributed by atoms with Crippen molar-refractivity contribution in [3.05, 3.63) is 75.2 Å². The highest BCUT2D eigenvalue weighted by molar-refractivity contribution is 6.00. The molecule has 6 nitrogen and oxygen atoms in total. The van der Waals surface area contributed by atoms with Crippen LogP contribution in [0.5, 0.6) is 0 Å². The maximum atomic E-state index is 12.7. The van der Waals surface area contributed by atoms with E-state index < -0.39 is 0 Å². The van der Waals surface area contributed by atoms with Crippen LogP contribution in [0.15, 0.2) is 47.3 Å². The number of ketones is 1. The number of nitrogens with zero attached hydrogens (tertiary/aromatic N) is 2. The van der Waals surface area contributed by atoms with Crippen molar-refractivity contribution >= 4 is 35.1 Å². The first-order valence-corrected chi connectivity index (χ1v) is 8.75. The molecule has 0 amide bonds. The molecule has 1 aromatic heterocycles. The number of carbonyl (C=O) groups excluding carboxylic acids is 1. The third-order valence-electron chi connectivity index (χ3n) is 4.59. The monoisotopic (exact) mass is 398 g/mol. The third-order valence-corrected chi connectivity index (χ3v) is 4.59. The first-order valence-electron chi connectivity index (χ1n) is 8.75. The van der Waals surface area contributed by atoms with E-state index in [2.05, 4.69) is 4.98 Å². The van der Waals surface area contributed by atoms with E-state index in [-0.39, 0.29) is 35.5 Å². The molecule has 0 radical (unpaired) electrons. The standard InChI is InChI=1S/C21H22N4O2.ClH/c1-12(2)19(26)15-8-9-18-16(11-15)24-17(21(27)25(18)3)10-13-4-6-14(7-5-13)20(22)23;/h4-9,11-12H,10H2,1-3H3,(H3,22,23);1H. The molecule has 0 aliphatic heterocycles. The average molecular weight is 399 g/mol. The first-order chi connectivity index (χ1) is 12.8. The number of carbonyl (C=O) groups is 1. The van der Waals surface area contributed by atoms with Gasteiger partial charge in [0.2, 0.25) is 0 Å². The van der Waals surface area contributed by atoms with Gasteiger partial charge < -0.3 is 10.3 Å². The highest BCUT2D eigenvalue weighted by Gasteiger charge is 2.14. The minimum Gasteiger partial charge on any atom is -0.384 e. The number of Topliss-reactive ketones (excluding diaryl/α,β-unsaturated/α-hetero) is 1. The van der Waals surface area contributed by atoms with Crippen molar-refractivity contribution < 1.29 is 4.79 Å². The van der Waals surface area contributed by atoms with Gasteiger partial charge in [0.25, 0.3) is 5.56 Å². The van der Waals surface area contributed by atoms with Crippen molar-refractivity contribution in [1.29, 1.82) is 5.41 Å². The summed E-state index contributed by atoms with van der Waals surface area (Å²) in [6.07, 6.45) is 0.364. The summed E-state index contributed by atoms with van der Waals surface area (Å²) < 4.78 is 1.56. The molecule has 7 heteroatoms. The van der Waals surface area contributed by atoms with Crippen LogP contribution in [0.25, 0.3) is 11.0 Å². The summed E-state index contributed by atoms with van der Waals surface area (Å²) >= 11 is 0. The quantitative estimate of drug-likeness (QED) is 0.391. The van der Waals surface area contributed by atoms with Crippen LogP contribution in [-0.4, -0.2) is 21.2 Å². The van der Waals surface area contributed by atoms with E-state index in [1.165, 1.54) is 0 Å². The normalized spacial score (nSPS) is 10.7. The Morgan fingerprint density at radius 2 is 1.75 bits per heavy atom. The van der Waals surface area contributed by atoms with E-state index in [0.29, 0.717) is 34.3 Å². The minimum atomic E-state index is -0.166. The maximum Gasteiger partial charge on any atom is 0.272 e. The van der Waals surface area contributed by atoms with Crippen LogP contribution in [0.3, 0.4) is 0 Å². The molecule has 0 aliphatic carbocycles. The molecular weight excluding hydrogens is 376 g/mol. The number of nitrogen functional groups attached to an aromatic ring is 1. The number of benzene rings is 2. The number of amidine groups is 1. The van der Waals surface area contributed by atoms with Crippen molar-refractivity contribution in [3.63, 3.8) is 0 Å². The Morgan fingerprint density at radius 1 is 1.14 bits per heavy atom. The molecular formula is C21H23ClN4O2. The van der Waals surface area contributed by atoms with Crippen LogP contribution in [0.4, 0.5) is 0 Å². The summed E-state index contributed by atoms with van der Waals surface area (Å²) in [5.41, 5.74) is 9.17. The second kappa shape index (κ2) is 8.35. The first kappa shape index (κ1) is 21.3. The van der Waals surface area contributed by atoms with Gasteiger partial charge in [0.05, 0.1) is 11.0 Å². The molecule has 3 aromatic rings. The molecule has 0 fully saturated rings. The molecule has 0 aliphatic rings. The Hall–Kier alpha value is -2.99. The van der Waals surface area contributed by atoms with E-state index in [4.69, 9.17) is 11.1 Å². The Balaban J connectivity index is 0.00000280. The molecule has 0 spiro atoms. The largest absolute Gasteiger partial charge is 0.384 e. The predicted molar refractivity (Wildman–Crippen MR) is 114 cm³/mol. The highest BCUT2D eigenvalue weighted by atomic mass is 35.5. The summed E-state index contributed by atoms with van der Waals surface area (Å²) in [5.74, 6) is -0.0492. The lowest BCUT2D eigenvalue weighted by Crippen LogP contribution is -2.24. The van der Waals surface area contributed by atoms with E-state index in [1.807, 2.05) is 26.0 Å². The number of halogens is 1. The molecule has 28 heavy (non-hydrogen) atoms. The Kier molecular flexibility index (Phi) is 6.36. The summed E-state index contributed by atoms with van der Waals surface area (Å²) in [6.45, 7) is 3.72. The molecule has 3 rings (SSSR count). The van der Waals surface area contributed by atoms with E-state index >= 15 is 0 Å². The molecule has 2 aromatic carbocycles. The van der Waals surface area contributed by atoms with Crippen molar-refractivity contribution in [2.24, 2.45) is 18.7 Å². The molecule has 146 valence electrons. The van der Waals surface area contributed by atoms with Crippen molar-refractivity contribution in [2.45, 2.75) is 20.3 Å². The molecule has 3 N–H and O–H groups in total. The molecule has 0 saturated heterocycles. The summed E-state index contributed by atoms with van der Waals surface area (Å²) in [5, 5.41) is 7.45. The van der Waals surface area contributed by atoms with Gasteiger partial charge in [-0.3, -0.25) is 15.0 Å². The number of fused-ring (bicyclic) bond motifs is 1. The van der Waals surface area contributed by atoms with Crippen LogP contribution in [0, 0.1) is 11.3 Å². The molecule has 0 atom stereocenters. The SMILES string of the molecule is CC(C)C(=O)c1ccc2c(c1)nc(Cc1ccc(C(=N)N)cc1)c(=O)n2C.Cl.